The van der Waals surface area contributed by atoms with Crippen molar-refractivity contribution >= 4 is 17.3 Å². The minimum absolute atomic E-state index is 0.376. The number of methoxy groups -OCH3 is 1. The van der Waals surface area contributed by atoms with E-state index in [2.05, 4.69) is 10.0 Å². The maximum Gasteiger partial charge on any atom is 0.146 e. The Kier molecular flexibility index (Phi) is 4.13. The fourth-order valence-electron chi connectivity index (χ4n) is 1.46. The van der Waals surface area contributed by atoms with Crippen molar-refractivity contribution in [1.29, 1.82) is 0 Å². The second-order valence-electron chi connectivity index (χ2n) is 3.58. The maximum atomic E-state index is 8.34. The Morgan fingerprint density at radius 2 is 1.79 bits per heavy atom. The average Bonchev–Trinajstić information content (AvgIpc) is 2.43. The lowest BCUT2D eigenvalue weighted by Gasteiger charge is -2.08. The molecule has 0 aliphatic rings. The molecule has 0 atom stereocenters. The second-order valence-corrected chi connectivity index (χ2v) is 3.99. The highest BCUT2D eigenvalue weighted by atomic mass is 35.5. The van der Waals surface area contributed by atoms with Crippen LogP contribution in [0.5, 0.6) is 17.2 Å². The van der Waals surface area contributed by atoms with Gasteiger partial charge in [-0.2, -0.15) is 0 Å². The number of nitrogens with zero attached hydrogens (tertiary/aromatic N) is 3. The molecule has 2 aromatic rings. The molecule has 0 saturated heterocycles. The molecule has 0 heterocycles. The van der Waals surface area contributed by atoms with E-state index in [1.165, 1.54) is 0 Å². The molecule has 0 aliphatic heterocycles. The molecule has 0 bridgehead atoms. The molecule has 0 spiro atoms. The zero-order valence-corrected chi connectivity index (χ0v) is 10.8. The summed E-state index contributed by atoms with van der Waals surface area (Å²) >= 11 is 6.04. The highest BCUT2D eigenvalue weighted by Crippen LogP contribution is 2.33. The van der Waals surface area contributed by atoms with Gasteiger partial charge in [-0.25, -0.2) is 0 Å². The summed E-state index contributed by atoms with van der Waals surface area (Å²) in [5, 5.41) is 3.84. The zero-order chi connectivity index (χ0) is 13.7. The molecule has 0 fully saturated rings. The molecule has 96 valence electrons. The summed E-state index contributed by atoms with van der Waals surface area (Å²) in [5.41, 5.74) is 8.78. The van der Waals surface area contributed by atoms with Gasteiger partial charge in [-0.05, 0) is 48.0 Å². The van der Waals surface area contributed by atoms with Crippen LogP contribution in [0.4, 0.5) is 5.69 Å². The van der Waals surface area contributed by atoms with E-state index in [9.17, 15) is 0 Å². The van der Waals surface area contributed by atoms with Crippen molar-refractivity contribution in [3.8, 4) is 17.2 Å². The average molecular weight is 276 g/mol. The van der Waals surface area contributed by atoms with Crippen LogP contribution < -0.4 is 9.47 Å². The molecule has 19 heavy (non-hydrogen) atoms. The maximum absolute atomic E-state index is 8.34. The van der Waals surface area contributed by atoms with Gasteiger partial charge in [0.2, 0.25) is 0 Å². The van der Waals surface area contributed by atoms with E-state index in [1.54, 1.807) is 49.6 Å². The van der Waals surface area contributed by atoms with Gasteiger partial charge in [0.05, 0.1) is 12.1 Å². The Morgan fingerprint density at radius 3 is 2.37 bits per heavy atom. The van der Waals surface area contributed by atoms with Crippen molar-refractivity contribution in [2.45, 2.75) is 0 Å². The van der Waals surface area contributed by atoms with Crippen molar-refractivity contribution < 1.29 is 9.47 Å². The summed E-state index contributed by atoms with van der Waals surface area (Å²) in [6.07, 6.45) is 0. The third-order valence-electron chi connectivity index (χ3n) is 2.36. The molecule has 0 aliphatic carbocycles. The largest absolute Gasteiger partial charge is 0.497 e. The summed E-state index contributed by atoms with van der Waals surface area (Å²) in [5.74, 6) is 1.88. The molecule has 2 aromatic carbocycles. The summed E-state index contributed by atoms with van der Waals surface area (Å²) in [6.45, 7) is 0. The fourth-order valence-corrected chi connectivity index (χ4v) is 1.67. The molecule has 6 heteroatoms. The first-order chi connectivity index (χ1) is 9.22. The van der Waals surface area contributed by atoms with Gasteiger partial charge in [0.15, 0.2) is 0 Å². The number of halogens is 1. The summed E-state index contributed by atoms with van der Waals surface area (Å²) in [7, 11) is 1.60. The Labute approximate surface area is 115 Å². The van der Waals surface area contributed by atoms with Crippen LogP contribution in [0.25, 0.3) is 10.4 Å². The van der Waals surface area contributed by atoms with Gasteiger partial charge in [0.1, 0.15) is 17.2 Å². The van der Waals surface area contributed by atoms with E-state index in [1.807, 2.05) is 0 Å². The minimum atomic E-state index is 0.376. The van der Waals surface area contributed by atoms with E-state index >= 15 is 0 Å². The molecule has 0 aromatic heterocycles. The predicted octanol–water partition coefficient (Wildman–Crippen LogP) is 5.08. The van der Waals surface area contributed by atoms with Crippen molar-refractivity contribution in [3.63, 3.8) is 0 Å². The van der Waals surface area contributed by atoms with Crippen LogP contribution in [0.1, 0.15) is 0 Å². The Balaban J connectivity index is 2.20. The number of rotatable bonds is 4. The van der Waals surface area contributed by atoms with Crippen LogP contribution >= 0.6 is 11.6 Å². The Morgan fingerprint density at radius 1 is 1.11 bits per heavy atom. The molecule has 0 N–H and O–H groups in total. The molecule has 0 saturated carbocycles. The first kappa shape index (κ1) is 13.1. The third-order valence-corrected chi connectivity index (χ3v) is 2.66. The van der Waals surface area contributed by atoms with Crippen molar-refractivity contribution in [1.82, 2.24) is 0 Å². The van der Waals surface area contributed by atoms with Crippen LogP contribution in [0.15, 0.2) is 47.6 Å². The van der Waals surface area contributed by atoms with Gasteiger partial charge in [0.25, 0.3) is 0 Å². The minimum Gasteiger partial charge on any atom is -0.497 e. The van der Waals surface area contributed by atoms with Crippen LogP contribution in [0.3, 0.4) is 0 Å². The lowest BCUT2D eigenvalue weighted by Crippen LogP contribution is -1.86. The van der Waals surface area contributed by atoms with Gasteiger partial charge in [-0.15, -0.1) is 0 Å². The van der Waals surface area contributed by atoms with Gasteiger partial charge in [0, 0.05) is 10.6 Å². The lowest BCUT2D eigenvalue weighted by molar-refractivity contribution is 0.413. The van der Waals surface area contributed by atoms with Crippen molar-refractivity contribution in [2.24, 2.45) is 5.11 Å². The van der Waals surface area contributed by atoms with E-state index in [0.717, 1.165) is 5.75 Å². The van der Waals surface area contributed by atoms with E-state index in [0.29, 0.717) is 22.2 Å². The predicted molar refractivity (Wildman–Crippen MR) is 73.3 cm³/mol. The second kappa shape index (κ2) is 6.00. The fraction of sp³-hybridized carbons (Fsp3) is 0.0769. The lowest BCUT2D eigenvalue weighted by atomic mass is 10.3. The molecular formula is C13H10ClN3O2. The summed E-state index contributed by atoms with van der Waals surface area (Å²) in [6, 6.07) is 11.9. The molecule has 0 radical (unpaired) electrons. The number of ether oxygens (including phenoxy) is 2. The van der Waals surface area contributed by atoms with E-state index in [4.69, 9.17) is 26.6 Å². The normalized spacial score (nSPS) is 9.58. The molecule has 0 unspecified atom stereocenters. The van der Waals surface area contributed by atoms with Crippen molar-refractivity contribution in [3.05, 3.63) is 57.9 Å². The van der Waals surface area contributed by atoms with Crippen LogP contribution in [-0.2, 0) is 0 Å². The van der Waals surface area contributed by atoms with Gasteiger partial charge >= 0.3 is 0 Å². The highest BCUT2D eigenvalue weighted by molar-refractivity contribution is 6.32. The molecule has 2 rings (SSSR count). The standard InChI is InChI=1S/C13H10ClN3O2/c1-18-10-3-5-11(6-4-10)19-13-7-2-9(16-17-15)8-12(13)14/h2-8H,1H3. The number of hydrogen-bond acceptors (Lipinski definition) is 3. The Hall–Kier alpha value is -2.36. The highest BCUT2D eigenvalue weighted by Gasteiger charge is 2.04. The van der Waals surface area contributed by atoms with Gasteiger partial charge in [-0.1, -0.05) is 16.7 Å². The Bertz CT molecular complexity index is 622. The first-order valence-corrected chi connectivity index (χ1v) is 5.77. The van der Waals surface area contributed by atoms with Crippen molar-refractivity contribution in [2.75, 3.05) is 7.11 Å². The molecule has 0 amide bonds. The zero-order valence-electron chi connectivity index (χ0n) is 10.1. The third kappa shape index (κ3) is 3.31. The van der Waals surface area contributed by atoms with Gasteiger partial charge < -0.3 is 9.47 Å². The monoisotopic (exact) mass is 275 g/mol. The first-order valence-electron chi connectivity index (χ1n) is 5.39. The number of benzene rings is 2. The van der Waals surface area contributed by atoms with Crippen LogP contribution in [0.2, 0.25) is 5.02 Å². The van der Waals surface area contributed by atoms with Crippen LogP contribution in [-0.4, -0.2) is 7.11 Å². The topological polar surface area (TPSA) is 67.2 Å². The SMILES string of the molecule is COc1ccc(Oc2ccc(N=[N+]=[N-])cc2Cl)cc1. The summed E-state index contributed by atoms with van der Waals surface area (Å²) < 4.78 is 10.7. The molecule has 5 nitrogen and oxygen atoms in total. The van der Waals surface area contributed by atoms with Crippen LogP contribution in [0, 0.1) is 0 Å². The number of hydrogen-bond donors (Lipinski definition) is 0. The quantitative estimate of drug-likeness (QED) is 0.443. The van der Waals surface area contributed by atoms with Gasteiger partial charge in [-0.3, -0.25) is 0 Å². The summed E-state index contributed by atoms with van der Waals surface area (Å²) in [4.78, 5) is 2.69. The van der Waals surface area contributed by atoms with E-state index < -0.39 is 0 Å². The molecular weight excluding hydrogens is 266 g/mol. The smallest absolute Gasteiger partial charge is 0.146 e. The van der Waals surface area contributed by atoms with E-state index in [-0.39, 0.29) is 0 Å². The number of azide groups is 1.